The minimum absolute atomic E-state index is 0.109. The van der Waals surface area contributed by atoms with Gasteiger partial charge in [-0.15, -0.1) is 0 Å². The van der Waals surface area contributed by atoms with Gasteiger partial charge in [0.2, 0.25) is 5.91 Å². The van der Waals surface area contributed by atoms with Crippen LogP contribution in [0.15, 0.2) is 18.2 Å². The highest BCUT2D eigenvalue weighted by Crippen LogP contribution is 2.26. The zero-order chi connectivity index (χ0) is 16.4. The van der Waals surface area contributed by atoms with Gasteiger partial charge in [-0.2, -0.15) is 0 Å². The molecule has 23 heavy (non-hydrogen) atoms. The van der Waals surface area contributed by atoms with Crippen LogP contribution in [0.25, 0.3) is 0 Å². The minimum Gasteiger partial charge on any atom is -0.373 e. The maximum atomic E-state index is 12.4. The summed E-state index contributed by atoms with van der Waals surface area (Å²) < 4.78 is 0. The van der Waals surface area contributed by atoms with Gasteiger partial charge >= 0.3 is 0 Å². The summed E-state index contributed by atoms with van der Waals surface area (Å²) in [7, 11) is 0. The number of aryl methyl sites for hydroxylation is 1. The van der Waals surface area contributed by atoms with E-state index in [-0.39, 0.29) is 11.9 Å². The summed E-state index contributed by atoms with van der Waals surface area (Å²) in [4.78, 5) is 15.0. The third-order valence-electron chi connectivity index (χ3n) is 5.28. The monoisotopic (exact) mass is 315 g/mol. The van der Waals surface area contributed by atoms with Gasteiger partial charge in [-0.3, -0.25) is 4.79 Å². The van der Waals surface area contributed by atoms with E-state index < -0.39 is 0 Å². The van der Waals surface area contributed by atoms with Gasteiger partial charge in [0.15, 0.2) is 0 Å². The molecule has 0 radical (unpaired) electrons. The molecular formula is C19H29N3O. The molecule has 1 amide bonds. The number of likely N-dealkylation sites (tertiary alicyclic amines) is 1. The van der Waals surface area contributed by atoms with Crippen LogP contribution in [0.1, 0.15) is 37.8 Å². The Balaban J connectivity index is 1.44. The van der Waals surface area contributed by atoms with E-state index >= 15 is 0 Å². The van der Waals surface area contributed by atoms with Crippen LogP contribution in [0, 0.1) is 12.8 Å². The normalized spacial score (nSPS) is 22.0. The minimum atomic E-state index is -0.109. The van der Waals surface area contributed by atoms with Crippen LogP contribution >= 0.6 is 0 Å². The highest BCUT2D eigenvalue weighted by molar-refractivity contribution is 5.87. The van der Waals surface area contributed by atoms with Crippen molar-refractivity contribution < 1.29 is 4.79 Å². The molecule has 2 aliphatic heterocycles. The zero-order valence-corrected chi connectivity index (χ0v) is 14.6. The van der Waals surface area contributed by atoms with Gasteiger partial charge in [-0.25, -0.2) is 0 Å². The topological polar surface area (TPSA) is 44.4 Å². The highest BCUT2D eigenvalue weighted by Gasteiger charge is 2.27. The van der Waals surface area contributed by atoms with E-state index in [0.29, 0.717) is 12.0 Å². The molecule has 0 aliphatic carbocycles. The summed E-state index contributed by atoms with van der Waals surface area (Å²) in [5, 5.41) is 6.52. The fourth-order valence-corrected chi connectivity index (χ4v) is 3.69. The van der Waals surface area contributed by atoms with Gasteiger partial charge < -0.3 is 15.5 Å². The lowest BCUT2D eigenvalue weighted by molar-refractivity contribution is -0.122. The predicted octanol–water partition coefficient (Wildman–Crippen LogP) is 2.57. The van der Waals surface area contributed by atoms with Gasteiger partial charge in [0, 0.05) is 24.7 Å². The summed E-state index contributed by atoms with van der Waals surface area (Å²) in [5.41, 5.74) is 3.62. The summed E-state index contributed by atoms with van der Waals surface area (Å²) >= 11 is 0. The first kappa shape index (κ1) is 16.3. The lowest BCUT2D eigenvalue weighted by Gasteiger charge is -2.34. The zero-order valence-electron chi connectivity index (χ0n) is 14.6. The summed E-state index contributed by atoms with van der Waals surface area (Å²) in [6, 6.07) is 6.88. The number of hydrogen-bond acceptors (Lipinski definition) is 3. The first-order valence-corrected chi connectivity index (χ1v) is 8.90. The maximum Gasteiger partial charge on any atom is 0.242 e. The van der Waals surface area contributed by atoms with Gasteiger partial charge in [0.25, 0.3) is 0 Å². The molecule has 1 fully saturated rings. The van der Waals surface area contributed by atoms with Crippen molar-refractivity contribution in [3.63, 3.8) is 0 Å². The second kappa shape index (κ2) is 6.91. The number of benzene rings is 1. The molecule has 126 valence electrons. The quantitative estimate of drug-likeness (QED) is 0.897. The van der Waals surface area contributed by atoms with E-state index in [9.17, 15) is 4.79 Å². The third kappa shape index (κ3) is 3.86. The summed E-state index contributed by atoms with van der Waals surface area (Å²) in [6.45, 7) is 9.74. The number of fused-ring (bicyclic) bond motifs is 1. The summed E-state index contributed by atoms with van der Waals surface area (Å²) in [6.07, 6.45) is 3.18. The van der Waals surface area contributed by atoms with Crippen LogP contribution in [0.4, 0.5) is 5.69 Å². The molecule has 1 aromatic rings. The number of carbonyl (C=O) groups excluding carboxylic acids is 1. The SMILES string of the molecule is Cc1ccc2c(c1)C[C@@H](C(=O)NCC1CCN(C(C)C)CC1)N2. The molecule has 2 aliphatic rings. The Hall–Kier alpha value is -1.55. The number of amides is 1. The Kier molecular flexibility index (Phi) is 4.90. The van der Waals surface area contributed by atoms with E-state index in [1.165, 1.54) is 24.0 Å². The Morgan fingerprint density at radius 3 is 2.78 bits per heavy atom. The molecule has 0 aromatic heterocycles. The molecular weight excluding hydrogens is 286 g/mol. The second-order valence-corrected chi connectivity index (χ2v) is 7.38. The largest absolute Gasteiger partial charge is 0.373 e. The van der Waals surface area contributed by atoms with Crippen molar-refractivity contribution in [1.29, 1.82) is 0 Å². The van der Waals surface area contributed by atoms with E-state index in [2.05, 4.69) is 54.5 Å². The maximum absolute atomic E-state index is 12.4. The van der Waals surface area contributed by atoms with Crippen molar-refractivity contribution >= 4 is 11.6 Å². The Labute approximate surface area is 139 Å². The second-order valence-electron chi connectivity index (χ2n) is 7.38. The molecule has 0 saturated carbocycles. The molecule has 0 unspecified atom stereocenters. The summed E-state index contributed by atoms with van der Waals surface area (Å²) in [5.74, 6) is 0.769. The fourth-order valence-electron chi connectivity index (χ4n) is 3.69. The van der Waals surface area contributed by atoms with Crippen molar-refractivity contribution in [3.8, 4) is 0 Å². The van der Waals surface area contributed by atoms with E-state index in [0.717, 1.165) is 31.7 Å². The number of carbonyl (C=O) groups is 1. The van der Waals surface area contributed by atoms with Crippen molar-refractivity contribution in [2.24, 2.45) is 5.92 Å². The molecule has 0 bridgehead atoms. The number of nitrogens with one attached hydrogen (secondary N) is 2. The third-order valence-corrected chi connectivity index (χ3v) is 5.28. The highest BCUT2D eigenvalue weighted by atomic mass is 16.2. The number of piperidine rings is 1. The lowest BCUT2D eigenvalue weighted by atomic mass is 9.96. The first-order valence-electron chi connectivity index (χ1n) is 8.90. The molecule has 1 aromatic carbocycles. The molecule has 3 rings (SSSR count). The number of nitrogens with zero attached hydrogens (tertiary/aromatic N) is 1. The van der Waals surface area contributed by atoms with Crippen LogP contribution < -0.4 is 10.6 Å². The van der Waals surface area contributed by atoms with E-state index in [4.69, 9.17) is 0 Å². The molecule has 1 saturated heterocycles. The van der Waals surface area contributed by atoms with Gasteiger partial charge in [-0.05, 0) is 64.3 Å². The average Bonchev–Trinajstić information content (AvgIpc) is 2.96. The first-order chi connectivity index (χ1) is 11.0. The molecule has 2 heterocycles. The van der Waals surface area contributed by atoms with E-state index in [1.807, 2.05) is 0 Å². The van der Waals surface area contributed by atoms with Crippen LogP contribution in [0.5, 0.6) is 0 Å². The van der Waals surface area contributed by atoms with Crippen LogP contribution in [-0.4, -0.2) is 42.5 Å². The molecule has 1 atom stereocenters. The molecule has 4 nitrogen and oxygen atoms in total. The number of hydrogen-bond donors (Lipinski definition) is 2. The van der Waals surface area contributed by atoms with Crippen molar-refractivity contribution in [3.05, 3.63) is 29.3 Å². The van der Waals surface area contributed by atoms with Crippen LogP contribution in [0.3, 0.4) is 0 Å². The van der Waals surface area contributed by atoms with Crippen LogP contribution in [-0.2, 0) is 11.2 Å². The standard InChI is InChI=1S/C19H29N3O/c1-13(2)22-8-6-15(7-9-22)12-20-19(23)18-11-16-10-14(3)4-5-17(16)21-18/h4-5,10,13,15,18,21H,6-9,11-12H2,1-3H3,(H,20,23)/t18-/m0/s1. The van der Waals surface area contributed by atoms with Crippen molar-refractivity contribution in [2.75, 3.05) is 25.0 Å². The number of rotatable bonds is 4. The van der Waals surface area contributed by atoms with Gasteiger partial charge in [0.05, 0.1) is 0 Å². The van der Waals surface area contributed by atoms with Crippen LogP contribution in [0.2, 0.25) is 0 Å². The van der Waals surface area contributed by atoms with Gasteiger partial charge in [-0.1, -0.05) is 17.7 Å². The molecule has 0 spiro atoms. The number of anilines is 1. The molecule has 4 heteroatoms. The van der Waals surface area contributed by atoms with E-state index in [1.54, 1.807) is 0 Å². The Bertz CT molecular complexity index is 562. The Morgan fingerprint density at radius 1 is 1.35 bits per heavy atom. The fraction of sp³-hybridized carbons (Fsp3) is 0.632. The molecule has 2 N–H and O–H groups in total. The smallest absolute Gasteiger partial charge is 0.242 e. The predicted molar refractivity (Wildman–Crippen MR) is 94.7 cm³/mol. The lowest BCUT2D eigenvalue weighted by Crippen LogP contribution is -2.44. The van der Waals surface area contributed by atoms with Crippen molar-refractivity contribution in [2.45, 2.75) is 52.1 Å². The van der Waals surface area contributed by atoms with Gasteiger partial charge in [0.1, 0.15) is 6.04 Å². The Morgan fingerprint density at radius 2 is 2.09 bits per heavy atom. The van der Waals surface area contributed by atoms with Crippen molar-refractivity contribution in [1.82, 2.24) is 10.2 Å². The average molecular weight is 315 g/mol.